The Morgan fingerprint density at radius 1 is 1.32 bits per heavy atom. The minimum absolute atomic E-state index is 0.0647. The van der Waals surface area contributed by atoms with E-state index in [2.05, 4.69) is 25.9 Å². The summed E-state index contributed by atoms with van der Waals surface area (Å²) in [6.45, 7) is 3.98. The van der Waals surface area contributed by atoms with Gasteiger partial charge >= 0.3 is 5.97 Å². The molecule has 0 aliphatic carbocycles. The lowest BCUT2D eigenvalue weighted by Crippen LogP contribution is -2.68. The molecule has 3 saturated heterocycles. The van der Waals surface area contributed by atoms with Gasteiger partial charge in [-0.2, -0.15) is 5.26 Å². The number of carboxylic acid groups (broad SMARTS) is 1. The molecule has 0 bridgehead atoms. The summed E-state index contributed by atoms with van der Waals surface area (Å²) >= 11 is 1.33. The Balaban J connectivity index is 1.31. The largest absolute Gasteiger partial charge is 0.480 e. The Bertz CT molecular complexity index is 1480. The van der Waals surface area contributed by atoms with Crippen LogP contribution in [0.3, 0.4) is 0 Å². The highest BCUT2D eigenvalue weighted by atomic mass is 32.1. The second-order valence-corrected chi connectivity index (χ2v) is 11.1. The number of nitrogens with zero attached hydrogens (tertiary/aromatic N) is 6. The molecule has 0 saturated carbocycles. The van der Waals surface area contributed by atoms with Crippen LogP contribution in [0.25, 0.3) is 10.6 Å². The molecule has 3 atom stereocenters. The number of anilines is 2. The van der Waals surface area contributed by atoms with Gasteiger partial charge in [0.1, 0.15) is 35.3 Å². The third-order valence-electron chi connectivity index (χ3n) is 7.73. The van der Waals surface area contributed by atoms with Crippen LogP contribution in [0.2, 0.25) is 0 Å². The lowest BCUT2D eigenvalue weighted by molar-refractivity contribution is -0.228. The highest BCUT2D eigenvalue weighted by Gasteiger charge is 2.50. The zero-order valence-corrected chi connectivity index (χ0v) is 22.8. The van der Waals surface area contributed by atoms with Crippen molar-refractivity contribution in [3.63, 3.8) is 0 Å². The second kappa shape index (κ2) is 10.8. The van der Waals surface area contributed by atoms with Crippen molar-refractivity contribution in [1.82, 2.24) is 15.0 Å². The fourth-order valence-electron chi connectivity index (χ4n) is 5.48. The fourth-order valence-corrected chi connectivity index (χ4v) is 6.16. The molecule has 3 fully saturated rings. The van der Waals surface area contributed by atoms with Crippen molar-refractivity contribution in [2.45, 2.75) is 43.6 Å². The van der Waals surface area contributed by atoms with Gasteiger partial charge in [0.25, 0.3) is 6.43 Å². The molecule has 11 nitrogen and oxygen atoms in total. The van der Waals surface area contributed by atoms with Crippen LogP contribution < -0.4 is 14.5 Å². The van der Waals surface area contributed by atoms with Crippen LogP contribution in [-0.2, 0) is 14.3 Å². The van der Waals surface area contributed by atoms with Crippen LogP contribution in [0.4, 0.5) is 20.3 Å². The van der Waals surface area contributed by atoms with E-state index in [0.717, 1.165) is 0 Å². The smallest absolute Gasteiger partial charge is 0.326 e. The Kier molecular flexibility index (Phi) is 7.18. The molecule has 214 valence electrons. The molecular formula is C27H26F2N6O5S. The van der Waals surface area contributed by atoms with Gasteiger partial charge in [0.2, 0.25) is 5.88 Å². The maximum absolute atomic E-state index is 13.7. The van der Waals surface area contributed by atoms with E-state index >= 15 is 0 Å². The number of carbonyl (C=O) groups is 1. The molecule has 1 N–H and O–H groups in total. The minimum Gasteiger partial charge on any atom is -0.480 e. The summed E-state index contributed by atoms with van der Waals surface area (Å²) in [6, 6.07) is 7.70. The summed E-state index contributed by atoms with van der Waals surface area (Å²) in [4.78, 5) is 28.9. The Hall–Kier alpha value is -3.93. The van der Waals surface area contributed by atoms with Gasteiger partial charge in [-0.15, -0.1) is 11.3 Å². The highest BCUT2D eigenvalue weighted by molar-refractivity contribution is 7.13. The van der Waals surface area contributed by atoms with Crippen molar-refractivity contribution in [1.29, 1.82) is 5.26 Å². The van der Waals surface area contributed by atoms with Crippen LogP contribution in [0.5, 0.6) is 5.88 Å². The zero-order valence-electron chi connectivity index (χ0n) is 21.9. The summed E-state index contributed by atoms with van der Waals surface area (Å²) in [5.74, 6) is -1.48. The SMILES string of the molecule is C[C@@H]1N(c2cc(C#N)cnc2O[C@H]2C[C@@H](C(=O)O)N(c3cc(-c4cccs4)nc(C(F)F)n3)C2)CCOC12COC2. The molecule has 6 rings (SSSR count). The Morgan fingerprint density at radius 2 is 2.15 bits per heavy atom. The van der Waals surface area contributed by atoms with E-state index in [1.807, 2.05) is 6.92 Å². The van der Waals surface area contributed by atoms with Gasteiger partial charge in [0, 0.05) is 25.2 Å². The number of aliphatic carboxylic acids is 1. The van der Waals surface area contributed by atoms with Crippen LogP contribution in [-0.4, -0.2) is 82.7 Å². The highest BCUT2D eigenvalue weighted by Crippen LogP contribution is 2.40. The number of halogens is 2. The third-order valence-corrected chi connectivity index (χ3v) is 8.63. The molecule has 41 heavy (non-hydrogen) atoms. The van der Waals surface area contributed by atoms with Crippen molar-refractivity contribution < 1.29 is 32.9 Å². The van der Waals surface area contributed by atoms with Crippen molar-refractivity contribution >= 4 is 28.8 Å². The number of alkyl halides is 2. The number of thiophene rings is 1. The van der Waals surface area contributed by atoms with E-state index in [9.17, 15) is 23.9 Å². The molecule has 0 unspecified atom stereocenters. The standard InChI is InChI=1S/C27H26F2N6O5S/c1-15-27(13-38-14-27)39-5-4-34(15)19-7-16(10-30)11-31-25(19)40-17-8-20(26(36)37)35(12-17)22-9-18(21-3-2-6-41-21)32-24(33-22)23(28)29/h2-3,6-7,9,11,15,17,20,23H,4-5,8,12-14H2,1H3,(H,36,37)/t15-,17-,20-/m0/s1. The average Bonchev–Trinajstić information content (AvgIpc) is 3.63. The van der Waals surface area contributed by atoms with Crippen LogP contribution in [0.15, 0.2) is 35.8 Å². The van der Waals surface area contributed by atoms with E-state index in [0.29, 0.717) is 48.2 Å². The van der Waals surface area contributed by atoms with Gasteiger partial charge in [-0.1, -0.05) is 6.07 Å². The van der Waals surface area contributed by atoms with Gasteiger partial charge in [-0.25, -0.2) is 28.5 Å². The van der Waals surface area contributed by atoms with Crippen LogP contribution in [0.1, 0.15) is 31.2 Å². The molecule has 0 aromatic carbocycles. The molecule has 0 amide bonds. The first-order valence-corrected chi connectivity index (χ1v) is 13.9. The maximum Gasteiger partial charge on any atom is 0.326 e. The predicted molar refractivity (Wildman–Crippen MR) is 143 cm³/mol. The molecule has 3 aliphatic rings. The normalized spacial score (nSPS) is 23.4. The molecule has 14 heteroatoms. The lowest BCUT2D eigenvalue weighted by Gasteiger charge is -2.53. The average molecular weight is 585 g/mol. The number of nitriles is 1. The lowest BCUT2D eigenvalue weighted by atomic mass is 9.90. The summed E-state index contributed by atoms with van der Waals surface area (Å²) in [5.41, 5.74) is 0.772. The minimum atomic E-state index is -2.93. The van der Waals surface area contributed by atoms with E-state index in [1.54, 1.807) is 23.6 Å². The molecule has 1 spiro atoms. The number of carboxylic acids is 1. The van der Waals surface area contributed by atoms with Crippen LogP contribution in [0, 0.1) is 11.3 Å². The van der Waals surface area contributed by atoms with E-state index in [-0.39, 0.29) is 30.7 Å². The number of morpholine rings is 1. The number of aromatic nitrogens is 3. The van der Waals surface area contributed by atoms with Crippen LogP contribution >= 0.6 is 11.3 Å². The summed E-state index contributed by atoms with van der Waals surface area (Å²) in [6.07, 6.45) is -2.12. The van der Waals surface area contributed by atoms with Gasteiger partial charge < -0.3 is 29.1 Å². The molecule has 3 aliphatic heterocycles. The van der Waals surface area contributed by atoms with Crippen molar-refractivity contribution in [2.75, 3.05) is 42.7 Å². The van der Waals surface area contributed by atoms with Gasteiger partial charge in [0.15, 0.2) is 5.82 Å². The zero-order chi connectivity index (χ0) is 28.7. The van der Waals surface area contributed by atoms with Gasteiger partial charge in [-0.3, -0.25) is 0 Å². The summed E-state index contributed by atoms with van der Waals surface area (Å²) < 4.78 is 45.3. The maximum atomic E-state index is 13.7. The first-order valence-electron chi connectivity index (χ1n) is 13.0. The van der Waals surface area contributed by atoms with Crippen molar-refractivity contribution in [2.24, 2.45) is 0 Å². The molecule has 3 aromatic heterocycles. The first kappa shape index (κ1) is 27.3. The molecule has 3 aromatic rings. The predicted octanol–water partition coefficient (Wildman–Crippen LogP) is 3.51. The number of rotatable bonds is 7. The number of ether oxygens (including phenoxy) is 3. The van der Waals surface area contributed by atoms with E-state index in [4.69, 9.17) is 14.2 Å². The summed E-state index contributed by atoms with van der Waals surface area (Å²) in [5, 5.41) is 21.4. The van der Waals surface area contributed by atoms with E-state index in [1.165, 1.54) is 28.5 Å². The fraction of sp³-hybridized carbons (Fsp3) is 0.444. The van der Waals surface area contributed by atoms with Gasteiger partial charge in [0.05, 0.1) is 48.5 Å². The molecular weight excluding hydrogens is 558 g/mol. The first-order chi connectivity index (χ1) is 19.8. The monoisotopic (exact) mass is 584 g/mol. The topological polar surface area (TPSA) is 134 Å². The third kappa shape index (κ3) is 5.05. The Labute approximate surface area is 237 Å². The number of hydrogen-bond donors (Lipinski definition) is 1. The second-order valence-electron chi connectivity index (χ2n) is 10.2. The number of pyridine rings is 1. The number of hydrogen-bond acceptors (Lipinski definition) is 11. The Morgan fingerprint density at radius 3 is 2.80 bits per heavy atom. The quantitative estimate of drug-likeness (QED) is 0.437. The summed E-state index contributed by atoms with van der Waals surface area (Å²) in [7, 11) is 0. The molecule has 6 heterocycles. The van der Waals surface area contributed by atoms with Crippen molar-refractivity contribution in [3.8, 4) is 22.5 Å². The molecule has 0 radical (unpaired) electrons. The van der Waals surface area contributed by atoms with Crippen molar-refractivity contribution in [3.05, 3.63) is 47.2 Å². The van der Waals surface area contributed by atoms with Gasteiger partial charge in [-0.05, 0) is 24.4 Å². The van der Waals surface area contributed by atoms with E-state index < -0.39 is 36.0 Å².